The van der Waals surface area contributed by atoms with Gasteiger partial charge in [0, 0.05) is 37.9 Å². The van der Waals surface area contributed by atoms with E-state index in [0.29, 0.717) is 11.4 Å². The predicted molar refractivity (Wildman–Crippen MR) is 145 cm³/mol. The number of hydrogen-bond donors (Lipinski definition) is 3. The molecule has 1 saturated carbocycles. The number of hydrogen-bond acceptors (Lipinski definition) is 6. The molecule has 1 aromatic heterocycles. The van der Waals surface area contributed by atoms with Gasteiger partial charge in [-0.25, -0.2) is 9.37 Å². The molecule has 1 aliphatic heterocycles. The molecule has 1 spiro atoms. The minimum atomic E-state index is -0.922. The number of nitrogens with one attached hydrogen (secondary N) is 2. The lowest BCUT2D eigenvalue weighted by Gasteiger charge is -2.47. The number of carbonyl (C=O) groups excluding carboxylic acids is 1. The Labute approximate surface area is 229 Å². The lowest BCUT2D eigenvalue weighted by atomic mass is 9.73. The Balaban J connectivity index is 1.51. The normalized spacial score (nSPS) is 19.7. The molecule has 2 aromatic rings. The monoisotopic (exact) mass is 547 g/mol. The van der Waals surface area contributed by atoms with Gasteiger partial charge in [0.15, 0.2) is 0 Å². The van der Waals surface area contributed by atoms with Gasteiger partial charge in [-0.2, -0.15) is 0 Å². The number of aliphatic hydroxyl groups is 1. The quantitative estimate of drug-likeness (QED) is 0.405. The van der Waals surface area contributed by atoms with Gasteiger partial charge in [-0.3, -0.25) is 4.79 Å². The fourth-order valence-electron chi connectivity index (χ4n) is 5.34. The first-order valence-electron chi connectivity index (χ1n) is 13.3. The number of halogens is 2. The second-order valence-electron chi connectivity index (χ2n) is 11.9. The van der Waals surface area contributed by atoms with Crippen molar-refractivity contribution in [2.45, 2.75) is 83.1 Å². The molecule has 0 bridgehead atoms. The first-order valence-corrected chi connectivity index (χ1v) is 13.7. The maximum Gasteiger partial charge on any atom is 0.246 e. The Kier molecular flexibility index (Phi) is 8.97. The molecule has 0 saturated heterocycles. The minimum absolute atomic E-state index is 0.000234. The van der Waals surface area contributed by atoms with Crippen LogP contribution >= 0.6 is 11.6 Å². The number of ether oxygens (including phenoxy) is 2. The molecule has 1 fully saturated rings. The van der Waals surface area contributed by atoms with E-state index in [2.05, 4.69) is 42.5 Å². The maximum atomic E-state index is 13.7. The van der Waals surface area contributed by atoms with Crippen molar-refractivity contribution in [1.29, 1.82) is 0 Å². The van der Waals surface area contributed by atoms with Crippen LogP contribution in [0.4, 0.5) is 4.39 Å². The average Bonchev–Trinajstić information content (AvgIpc) is 2.82. The number of rotatable bonds is 10. The molecule has 0 radical (unpaired) electrons. The summed E-state index contributed by atoms with van der Waals surface area (Å²) >= 11 is 5.97. The summed E-state index contributed by atoms with van der Waals surface area (Å²) in [5.41, 5.74) is 2.76. The lowest BCUT2D eigenvalue weighted by Crippen LogP contribution is -2.52. The Morgan fingerprint density at radius 3 is 2.71 bits per heavy atom. The maximum absolute atomic E-state index is 13.7. The van der Waals surface area contributed by atoms with E-state index in [0.717, 1.165) is 43.2 Å². The summed E-state index contributed by atoms with van der Waals surface area (Å²) < 4.78 is 25.0. The number of aromatic nitrogens is 1. The van der Waals surface area contributed by atoms with E-state index in [4.69, 9.17) is 21.1 Å². The molecule has 7 nitrogen and oxygen atoms in total. The van der Waals surface area contributed by atoms with Crippen LogP contribution in [0, 0.1) is 11.2 Å². The van der Waals surface area contributed by atoms with Gasteiger partial charge in [-0.1, -0.05) is 38.4 Å². The van der Waals surface area contributed by atoms with Gasteiger partial charge in [-0.15, -0.1) is 0 Å². The van der Waals surface area contributed by atoms with Crippen LogP contribution in [0.25, 0.3) is 0 Å². The first kappa shape index (κ1) is 28.7. The molecule has 1 aromatic carbocycles. The van der Waals surface area contributed by atoms with Crippen LogP contribution in [0.3, 0.4) is 0 Å². The molecule has 3 atom stereocenters. The molecule has 38 heavy (non-hydrogen) atoms. The zero-order valence-corrected chi connectivity index (χ0v) is 23.4. The minimum Gasteiger partial charge on any atom is -0.471 e. The topological polar surface area (TPSA) is 92.7 Å². The number of fused-ring (bicyclic) bond motifs is 1. The number of aliphatic hydroxyl groups excluding tert-OH is 1. The molecular formula is C29H39ClFN3O4. The summed E-state index contributed by atoms with van der Waals surface area (Å²) in [6.45, 7) is 6.70. The number of nitrogens with zero attached hydrogens (tertiary/aromatic N) is 1. The molecule has 0 unspecified atom stereocenters. The lowest BCUT2D eigenvalue weighted by molar-refractivity contribution is -0.126. The smallest absolute Gasteiger partial charge is 0.246 e. The van der Waals surface area contributed by atoms with Crippen molar-refractivity contribution < 1.29 is 23.8 Å². The third-order valence-electron chi connectivity index (χ3n) is 7.30. The Hall–Kier alpha value is -2.26. The van der Waals surface area contributed by atoms with E-state index >= 15 is 0 Å². The SMILES string of the molecule is COCC(=O)N[C@@H](Cc1ccc(F)c(Cl)c1)[C@H](O)CN[C@H]1CC2(CCC2)Oc2ncc(CC(C)(C)C)cc21. The highest BCUT2D eigenvalue weighted by Crippen LogP contribution is 2.48. The summed E-state index contributed by atoms with van der Waals surface area (Å²) in [4.78, 5) is 17.0. The van der Waals surface area contributed by atoms with Crippen molar-refractivity contribution in [2.24, 2.45) is 5.41 Å². The number of pyridine rings is 1. The van der Waals surface area contributed by atoms with E-state index in [1.165, 1.54) is 19.2 Å². The second kappa shape index (κ2) is 11.9. The van der Waals surface area contributed by atoms with Gasteiger partial charge in [0.25, 0.3) is 0 Å². The molecule has 9 heteroatoms. The van der Waals surface area contributed by atoms with Crippen molar-refractivity contribution in [3.8, 4) is 5.88 Å². The highest BCUT2D eigenvalue weighted by Gasteiger charge is 2.46. The standard InChI is InChI=1S/C29H39ClFN3O4/c1-28(2,3)13-19-10-20-24(14-29(8-5-9-29)38-27(20)33-15-19)32-16-25(35)23(34-26(36)17-37-4)12-18-6-7-22(31)21(30)11-18/h6-7,10-11,15,23-25,32,35H,5,8-9,12-14,16-17H2,1-4H3,(H,34,36)/t23-,24-,25+/m0/s1. The molecule has 1 aliphatic carbocycles. The fraction of sp³-hybridized carbons (Fsp3) is 0.586. The van der Waals surface area contributed by atoms with E-state index < -0.39 is 18.0 Å². The van der Waals surface area contributed by atoms with Crippen molar-refractivity contribution in [2.75, 3.05) is 20.3 Å². The molecule has 1 amide bonds. The largest absolute Gasteiger partial charge is 0.471 e. The summed E-state index contributed by atoms with van der Waals surface area (Å²) in [5.74, 6) is -0.197. The zero-order valence-electron chi connectivity index (χ0n) is 22.7. The van der Waals surface area contributed by atoms with Gasteiger partial charge in [0.05, 0.1) is 17.2 Å². The van der Waals surface area contributed by atoms with Gasteiger partial charge in [-0.05, 0) is 66.8 Å². The highest BCUT2D eigenvalue weighted by molar-refractivity contribution is 6.30. The van der Waals surface area contributed by atoms with Crippen LogP contribution < -0.4 is 15.4 Å². The summed E-state index contributed by atoms with van der Waals surface area (Å²) in [7, 11) is 1.44. The van der Waals surface area contributed by atoms with Crippen LogP contribution in [0.5, 0.6) is 5.88 Å². The third kappa shape index (κ3) is 7.23. The third-order valence-corrected chi connectivity index (χ3v) is 7.59. The van der Waals surface area contributed by atoms with E-state index in [1.54, 1.807) is 6.07 Å². The number of methoxy groups -OCH3 is 1. The Morgan fingerprint density at radius 2 is 2.08 bits per heavy atom. The molecule has 2 heterocycles. The highest BCUT2D eigenvalue weighted by atomic mass is 35.5. The van der Waals surface area contributed by atoms with Crippen LogP contribution in [0.15, 0.2) is 30.5 Å². The summed E-state index contributed by atoms with van der Waals surface area (Å²) in [6.07, 6.45) is 6.05. The molecule has 208 valence electrons. The van der Waals surface area contributed by atoms with Crippen LogP contribution in [-0.4, -0.2) is 54.0 Å². The number of amides is 1. The van der Waals surface area contributed by atoms with E-state index in [-0.39, 0.29) is 47.6 Å². The molecule has 2 aliphatic rings. The predicted octanol–water partition coefficient (Wildman–Crippen LogP) is 4.53. The second-order valence-corrected chi connectivity index (χ2v) is 12.3. The van der Waals surface area contributed by atoms with Gasteiger partial charge in [0.2, 0.25) is 11.8 Å². The molecule has 3 N–H and O–H groups in total. The van der Waals surface area contributed by atoms with E-state index in [9.17, 15) is 14.3 Å². The van der Waals surface area contributed by atoms with Crippen LogP contribution in [0.1, 0.15) is 69.2 Å². The van der Waals surface area contributed by atoms with Crippen molar-refractivity contribution in [3.63, 3.8) is 0 Å². The summed E-state index contributed by atoms with van der Waals surface area (Å²) in [6, 6.07) is 5.90. The van der Waals surface area contributed by atoms with Crippen molar-refractivity contribution >= 4 is 17.5 Å². The van der Waals surface area contributed by atoms with Gasteiger partial charge >= 0.3 is 0 Å². The van der Waals surface area contributed by atoms with Crippen LogP contribution in [-0.2, 0) is 22.4 Å². The zero-order chi connectivity index (χ0) is 27.5. The molecule has 4 rings (SSSR count). The van der Waals surface area contributed by atoms with Gasteiger partial charge in [0.1, 0.15) is 18.0 Å². The number of carbonyl (C=O) groups is 1. The van der Waals surface area contributed by atoms with E-state index in [1.807, 2.05) is 6.20 Å². The average molecular weight is 548 g/mol. The van der Waals surface area contributed by atoms with Crippen LogP contribution in [0.2, 0.25) is 5.02 Å². The molecular weight excluding hydrogens is 509 g/mol. The Morgan fingerprint density at radius 1 is 1.32 bits per heavy atom. The number of benzene rings is 1. The first-order chi connectivity index (χ1) is 18.0. The van der Waals surface area contributed by atoms with Crippen molar-refractivity contribution in [3.05, 3.63) is 58.0 Å². The van der Waals surface area contributed by atoms with Gasteiger partial charge < -0.3 is 25.2 Å². The Bertz CT molecular complexity index is 1140. The summed E-state index contributed by atoms with van der Waals surface area (Å²) in [5, 5.41) is 17.6. The fourth-order valence-corrected chi connectivity index (χ4v) is 5.54. The van der Waals surface area contributed by atoms with Crippen molar-refractivity contribution in [1.82, 2.24) is 15.6 Å².